The molecule has 0 aliphatic rings. The molecule has 19 heavy (non-hydrogen) atoms. The molecule has 1 unspecified atom stereocenters. The number of nitrogens with one attached hydrogen (secondary N) is 2. The highest BCUT2D eigenvalue weighted by Gasteiger charge is 2.25. The van der Waals surface area contributed by atoms with E-state index in [2.05, 4.69) is 37.1 Å². The van der Waals surface area contributed by atoms with E-state index in [9.17, 15) is 4.39 Å². The van der Waals surface area contributed by atoms with E-state index in [4.69, 9.17) is 0 Å². The van der Waals surface area contributed by atoms with Crippen LogP contribution in [0.2, 0.25) is 0 Å². The molecule has 2 nitrogen and oxygen atoms in total. The first-order chi connectivity index (χ1) is 8.97. The molecule has 0 spiro atoms. The lowest BCUT2D eigenvalue weighted by Crippen LogP contribution is -2.32. The number of hydrogen-bond donors (Lipinski definition) is 2. The fraction of sp³-hybridized carbons (Fsp3) is 0.375. The standard InChI is InChI=1S/C16H21FN2/c1-16(2,3)15(12-6-8-13(17)9-7-12)19-11-14-5-4-10-18-14/h4-10,15,18-19H,11H2,1-3H3. The van der Waals surface area contributed by atoms with Crippen molar-refractivity contribution in [2.24, 2.45) is 5.41 Å². The van der Waals surface area contributed by atoms with E-state index in [1.807, 2.05) is 24.4 Å². The first-order valence-corrected chi connectivity index (χ1v) is 6.58. The highest BCUT2D eigenvalue weighted by molar-refractivity contribution is 5.22. The van der Waals surface area contributed by atoms with Crippen LogP contribution in [0.1, 0.15) is 38.1 Å². The molecule has 2 rings (SSSR count). The smallest absolute Gasteiger partial charge is 0.123 e. The number of hydrogen-bond acceptors (Lipinski definition) is 1. The van der Waals surface area contributed by atoms with Crippen LogP contribution in [0, 0.1) is 11.2 Å². The summed E-state index contributed by atoms with van der Waals surface area (Å²) in [5.41, 5.74) is 2.32. The van der Waals surface area contributed by atoms with Gasteiger partial charge in [-0.3, -0.25) is 0 Å². The third kappa shape index (κ3) is 3.67. The second-order valence-electron chi connectivity index (χ2n) is 5.93. The van der Waals surface area contributed by atoms with Gasteiger partial charge in [0.05, 0.1) is 0 Å². The monoisotopic (exact) mass is 260 g/mol. The van der Waals surface area contributed by atoms with Crippen molar-refractivity contribution in [2.75, 3.05) is 0 Å². The van der Waals surface area contributed by atoms with Crippen LogP contribution in [0.5, 0.6) is 0 Å². The van der Waals surface area contributed by atoms with Crippen LogP contribution in [0.15, 0.2) is 42.6 Å². The minimum atomic E-state index is -0.194. The number of aromatic nitrogens is 1. The molecule has 0 saturated heterocycles. The van der Waals surface area contributed by atoms with Gasteiger partial charge in [-0.05, 0) is 35.2 Å². The predicted molar refractivity (Wildman–Crippen MR) is 76.2 cm³/mol. The van der Waals surface area contributed by atoms with Gasteiger partial charge >= 0.3 is 0 Å². The maximum atomic E-state index is 13.0. The minimum absolute atomic E-state index is 0.0599. The molecule has 0 aliphatic carbocycles. The van der Waals surface area contributed by atoms with Crippen LogP contribution >= 0.6 is 0 Å². The molecule has 0 amide bonds. The fourth-order valence-corrected chi connectivity index (χ4v) is 2.27. The molecule has 1 atom stereocenters. The van der Waals surface area contributed by atoms with E-state index < -0.39 is 0 Å². The summed E-state index contributed by atoms with van der Waals surface area (Å²) >= 11 is 0. The second kappa shape index (κ2) is 5.57. The van der Waals surface area contributed by atoms with Crippen molar-refractivity contribution in [2.45, 2.75) is 33.4 Å². The lowest BCUT2D eigenvalue weighted by Gasteiger charge is -2.32. The van der Waals surface area contributed by atoms with Gasteiger partial charge in [-0.2, -0.15) is 0 Å². The molecule has 3 heteroatoms. The van der Waals surface area contributed by atoms with Crippen LogP contribution in [-0.4, -0.2) is 4.98 Å². The molecule has 0 aliphatic heterocycles. The van der Waals surface area contributed by atoms with Gasteiger partial charge < -0.3 is 10.3 Å². The third-order valence-electron chi connectivity index (χ3n) is 3.23. The van der Waals surface area contributed by atoms with Crippen molar-refractivity contribution >= 4 is 0 Å². The van der Waals surface area contributed by atoms with Crippen LogP contribution in [-0.2, 0) is 6.54 Å². The topological polar surface area (TPSA) is 27.8 Å². The molecule has 0 radical (unpaired) electrons. The molecule has 0 saturated carbocycles. The quantitative estimate of drug-likeness (QED) is 0.853. The summed E-state index contributed by atoms with van der Waals surface area (Å²) < 4.78 is 13.0. The minimum Gasteiger partial charge on any atom is -0.364 e. The highest BCUT2D eigenvalue weighted by atomic mass is 19.1. The van der Waals surface area contributed by atoms with Gasteiger partial charge in [0.15, 0.2) is 0 Å². The molecule has 1 heterocycles. The van der Waals surface area contributed by atoms with Crippen LogP contribution in [0.4, 0.5) is 4.39 Å². The normalized spacial score (nSPS) is 13.5. The average Bonchev–Trinajstić information content (AvgIpc) is 2.83. The Labute approximate surface area is 114 Å². The number of benzene rings is 1. The summed E-state index contributed by atoms with van der Waals surface area (Å²) in [4.78, 5) is 3.18. The number of rotatable bonds is 4. The van der Waals surface area contributed by atoms with E-state index in [0.29, 0.717) is 0 Å². The summed E-state index contributed by atoms with van der Waals surface area (Å²) in [7, 11) is 0. The van der Waals surface area contributed by atoms with E-state index in [1.54, 1.807) is 0 Å². The van der Waals surface area contributed by atoms with E-state index in [1.165, 1.54) is 12.1 Å². The predicted octanol–water partition coefficient (Wildman–Crippen LogP) is 4.03. The Bertz CT molecular complexity index is 495. The van der Waals surface area contributed by atoms with Crippen LogP contribution < -0.4 is 5.32 Å². The summed E-state index contributed by atoms with van der Waals surface area (Å²) in [5, 5.41) is 3.54. The van der Waals surface area contributed by atoms with Gasteiger partial charge in [-0.15, -0.1) is 0 Å². The number of halogens is 1. The van der Waals surface area contributed by atoms with Gasteiger partial charge in [0.2, 0.25) is 0 Å². The largest absolute Gasteiger partial charge is 0.364 e. The Morgan fingerprint density at radius 3 is 2.37 bits per heavy atom. The zero-order chi connectivity index (χ0) is 13.9. The molecule has 102 valence electrons. The molecule has 1 aromatic heterocycles. The average molecular weight is 260 g/mol. The SMILES string of the molecule is CC(C)(C)C(NCc1ccc[nH]1)c1ccc(F)cc1. The van der Waals surface area contributed by atoms with Gasteiger partial charge in [0.25, 0.3) is 0 Å². The fourth-order valence-electron chi connectivity index (χ4n) is 2.27. The van der Waals surface area contributed by atoms with E-state index in [0.717, 1.165) is 17.8 Å². The Morgan fingerprint density at radius 2 is 1.84 bits per heavy atom. The zero-order valence-electron chi connectivity index (χ0n) is 11.7. The molecule has 0 fully saturated rings. The maximum absolute atomic E-state index is 13.0. The van der Waals surface area contributed by atoms with Gasteiger partial charge in [-0.25, -0.2) is 4.39 Å². The van der Waals surface area contributed by atoms with Crippen LogP contribution in [0.3, 0.4) is 0 Å². The lowest BCUT2D eigenvalue weighted by molar-refractivity contribution is 0.270. The summed E-state index contributed by atoms with van der Waals surface area (Å²) in [5.74, 6) is -0.194. The second-order valence-corrected chi connectivity index (χ2v) is 5.93. The Morgan fingerprint density at radius 1 is 1.16 bits per heavy atom. The van der Waals surface area contributed by atoms with Crippen molar-refractivity contribution in [3.8, 4) is 0 Å². The molecule has 0 bridgehead atoms. The van der Waals surface area contributed by atoms with E-state index in [-0.39, 0.29) is 17.3 Å². The number of H-pyrrole nitrogens is 1. The summed E-state index contributed by atoms with van der Waals surface area (Å²) in [6.07, 6.45) is 1.92. The molecular weight excluding hydrogens is 239 g/mol. The van der Waals surface area contributed by atoms with Crippen molar-refractivity contribution in [3.05, 3.63) is 59.7 Å². The Hall–Kier alpha value is -1.61. The summed E-state index contributed by atoms with van der Waals surface area (Å²) in [6, 6.07) is 11.0. The lowest BCUT2D eigenvalue weighted by atomic mass is 9.82. The van der Waals surface area contributed by atoms with Crippen molar-refractivity contribution in [1.29, 1.82) is 0 Å². The molecule has 2 N–H and O–H groups in total. The Kier molecular flexibility index (Phi) is 4.05. The van der Waals surface area contributed by atoms with Crippen molar-refractivity contribution in [1.82, 2.24) is 10.3 Å². The van der Waals surface area contributed by atoms with Gasteiger partial charge in [0.1, 0.15) is 5.82 Å². The highest BCUT2D eigenvalue weighted by Crippen LogP contribution is 2.32. The third-order valence-corrected chi connectivity index (χ3v) is 3.23. The van der Waals surface area contributed by atoms with Gasteiger partial charge in [0, 0.05) is 24.5 Å². The molecule has 2 aromatic rings. The van der Waals surface area contributed by atoms with Gasteiger partial charge in [-0.1, -0.05) is 32.9 Å². The maximum Gasteiger partial charge on any atom is 0.123 e. The Balaban J connectivity index is 2.14. The summed E-state index contributed by atoms with van der Waals surface area (Å²) in [6.45, 7) is 7.32. The molecule has 1 aromatic carbocycles. The number of aromatic amines is 1. The zero-order valence-corrected chi connectivity index (χ0v) is 11.7. The van der Waals surface area contributed by atoms with Crippen molar-refractivity contribution < 1.29 is 4.39 Å². The first-order valence-electron chi connectivity index (χ1n) is 6.58. The van der Waals surface area contributed by atoms with E-state index >= 15 is 0 Å². The van der Waals surface area contributed by atoms with Crippen LogP contribution in [0.25, 0.3) is 0 Å². The molecular formula is C16H21FN2. The first kappa shape index (κ1) is 13.8. The van der Waals surface area contributed by atoms with Crippen molar-refractivity contribution in [3.63, 3.8) is 0 Å².